The van der Waals surface area contributed by atoms with Gasteiger partial charge in [-0.2, -0.15) is 0 Å². The Kier molecular flexibility index (Phi) is 4.69. The number of aromatic nitrogens is 3. The third-order valence-corrected chi connectivity index (χ3v) is 4.28. The minimum absolute atomic E-state index is 0.0927. The van der Waals surface area contributed by atoms with Crippen molar-refractivity contribution < 1.29 is 9.53 Å². The molecule has 2 amide bonds. The Morgan fingerprint density at radius 3 is 3.00 bits per heavy atom. The maximum atomic E-state index is 12.5. The quantitative estimate of drug-likeness (QED) is 0.936. The first-order chi connectivity index (χ1) is 11.6. The maximum absolute atomic E-state index is 12.5. The van der Waals surface area contributed by atoms with E-state index in [-0.39, 0.29) is 12.1 Å². The number of rotatable bonds is 4. The van der Waals surface area contributed by atoms with Gasteiger partial charge in [0.15, 0.2) is 0 Å². The fourth-order valence-electron chi connectivity index (χ4n) is 3.00. The summed E-state index contributed by atoms with van der Waals surface area (Å²) >= 11 is 0. The molecule has 1 unspecified atom stereocenters. The van der Waals surface area contributed by atoms with Crippen molar-refractivity contribution in [3.8, 4) is 5.75 Å². The minimum Gasteiger partial charge on any atom is -0.497 e. The second-order valence-electron chi connectivity index (χ2n) is 6.30. The summed E-state index contributed by atoms with van der Waals surface area (Å²) in [5.74, 6) is 2.00. The van der Waals surface area contributed by atoms with Gasteiger partial charge in [0.05, 0.1) is 13.2 Å². The van der Waals surface area contributed by atoms with Crippen LogP contribution < -0.4 is 10.1 Å². The Morgan fingerprint density at radius 2 is 2.25 bits per heavy atom. The van der Waals surface area contributed by atoms with E-state index in [0.717, 1.165) is 30.2 Å². The summed E-state index contributed by atoms with van der Waals surface area (Å²) in [4.78, 5) is 14.3. The lowest BCUT2D eigenvalue weighted by atomic mass is 10.2. The second kappa shape index (κ2) is 6.90. The molecule has 1 aliphatic rings. The molecule has 7 heteroatoms. The summed E-state index contributed by atoms with van der Waals surface area (Å²) in [6.07, 6.45) is 2.67. The molecule has 1 fully saturated rings. The number of nitrogens with zero attached hydrogens (tertiary/aromatic N) is 4. The van der Waals surface area contributed by atoms with Crippen molar-refractivity contribution in [3.05, 3.63) is 36.4 Å². The average molecular weight is 329 g/mol. The van der Waals surface area contributed by atoms with E-state index in [1.54, 1.807) is 13.4 Å². The van der Waals surface area contributed by atoms with Crippen molar-refractivity contribution in [2.24, 2.45) is 0 Å². The van der Waals surface area contributed by atoms with Gasteiger partial charge in [0, 0.05) is 30.8 Å². The number of likely N-dealkylation sites (tertiary alicyclic amines) is 1. The first-order valence-electron chi connectivity index (χ1n) is 8.18. The van der Waals surface area contributed by atoms with Gasteiger partial charge in [-0.05, 0) is 18.6 Å². The van der Waals surface area contributed by atoms with Gasteiger partial charge in [0.2, 0.25) is 0 Å². The molecule has 1 aromatic heterocycles. The number of ether oxygens (including phenoxy) is 1. The average Bonchev–Trinajstić information content (AvgIpc) is 3.23. The second-order valence-corrected chi connectivity index (χ2v) is 6.30. The van der Waals surface area contributed by atoms with E-state index in [4.69, 9.17) is 4.74 Å². The van der Waals surface area contributed by atoms with Crippen LogP contribution in [0.4, 0.5) is 10.5 Å². The Labute approximate surface area is 141 Å². The Bertz CT molecular complexity index is 713. The van der Waals surface area contributed by atoms with Crippen molar-refractivity contribution in [1.82, 2.24) is 19.7 Å². The molecule has 1 saturated heterocycles. The van der Waals surface area contributed by atoms with E-state index in [9.17, 15) is 4.79 Å². The highest BCUT2D eigenvalue weighted by Crippen LogP contribution is 2.26. The third kappa shape index (κ3) is 3.34. The summed E-state index contributed by atoms with van der Waals surface area (Å²) in [5, 5.41) is 11.1. The normalized spacial score (nSPS) is 17.3. The first kappa shape index (κ1) is 16.3. The van der Waals surface area contributed by atoms with E-state index in [2.05, 4.69) is 33.9 Å². The number of carbonyl (C=O) groups excluding carboxylic acids is 1. The number of anilines is 1. The third-order valence-electron chi connectivity index (χ3n) is 4.28. The zero-order valence-electron chi connectivity index (χ0n) is 14.3. The van der Waals surface area contributed by atoms with Gasteiger partial charge in [0.1, 0.15) is 17.9 Å². The van der Waals surface area contributed by atoms with Gasteiger partial charge in [-0.25, -0.2) is 4.79 Å². The Balaban J connectivity index is 1.64. The lowest BCUT2D eigenvalue weighted by Crippen LogP contribution is -2.33. The fourth-order valence-corrected chi connectivity index (χ4v) is 3.00. The Morgan fingerprint density at radius 1 is 1.42 bits per heavy atom. The topological polar surface area (TPSA) is 72.3 Å². The van der Waals surface area contributed by atoms with E-state index < -0.39 is 0 Å². The van der Waals surface area contributed by atoms with Gasteiger partial charge >= 0.3 is 6.03 Å². The molecule has 7 nitrogen and oxygen atoms in total. The number of hydrogen-bond acceptors (Lipinski definition) is 4. The molecule has 0 bridgehead atoms. The number of nitrogens with one attached hydrogen (secondary N) is 1. The van der Waals surface area contributed by atoms with Crippen LogP contribution in [0.1, 0.15) is 38.1 Å². The molecule has 0 saturated carbocycles. The lowest BCUT2D eigenvalue weighted by molar-refractivity contribution is 0.220. The van der Waals surface area contributed by atoms with Crippen LogP contribution in [0.3, 0.4) is 0 Å². The van der Waals surface area contributed by atoms with Crippen LogP contribution in [-0.2, 0) is 0 Å². The zero-order chi connectivity index (χ0) is 17.1. The van der Waals surface area contributed by atoms with E-state index in [0.29, 0.717) is 12.5 Å². The largest absolute Gasteiger partial charge is 0.497 e. The number of hydrogen-bond donors (Lipinski definition) is 1. The van der Waals surface area contributed by atoms with Crippen molar-refractivity contribution in [3.63, 3.8) is 0 Å². The predicted octanol–water partition coefficient (Wildman–Crippen LogP) is 2.89. The first-order valence-corrected chi connectivity index (χ1v) is 8.18. The predicted molar refractivity (Wildman–Crippen MR) is 91.4 cm³/mol. The molecule has 3 rings (SSSR count). The molecular formula is C17H23N5O2. The molecule has 128 valence electrons. The van der Waals surface area contributed by atoms with E-state index in [1.807, 2.05) is 29.2 Å². The van der Waals surface area contributed by atoms with Crippen molar-refractivity contribution in [2.45, 2.75) is 32.2 Å². The molecule has 1 atom stereocenters. The van der Waals surface area contributed by atoms with Crippen LogP contribution >= 0.6 is 0 Å². The lowest BCUT2D eigenvalue weighted by Gasteiger charge is -2.19. The van der Waals surface area contributed by atoms with Gasteiger partial charge < -0.3 is 19.5 Å². The standard InChI is InChI=1S/C17H23N5O2/c1-12(2)16-20-18-11-22(16)14-7-8-21(10-14)17(23)19-13-5-4-6-15(9-13)24-3/h4-6,9,11-12,14H,7-8,10H2,1-3H3,(H,19,23). The molecule has 1 aromatic carbocycles. The highest BCUT2D eigenvalue weighted by Gasteiger charge is 2.29. The number of benzene rings is 1. The summed E-state index contributed by atoms with van der Waals surface area (Å²) in [6.45, 7) is 5.58. The van der Waals surface area contributed by atoms with Crippen molar-refractivity contribution in [1.29, 1.82) is 0 Å². The van der Waals surface area contributed by atoms with Gasteiger partial charge in [-0.1, -0.05) is 19.9 Å². The smallest absolute Gasteiger partial charge is 0.321 e. The molecule has 1 aliphatic heterocycles. The number of methoxy groups -OCH3 is 1. The van der Waals surface area contributed by atoms with Gasteiger partial charge in [-0.3, -0.25) is 0 Å². The van der Waals surface area contributed by atoms with Crippen LogP contribution in [0.5, 0.6) is 5.75 Å². The highest BCUT2D eigenvalue weighted by molar-refractivity contribution is 5.89. The van der Waals surface area contributed by atoms with Gasteiger partial charge in [0.25, 0.3) is 0 Å². The zero-order valence-corrected chi connectivity index (χ0v) is 14.3. The number of carbonyl (C=O) groups is 1. The maximum Gasteiger partial charge on any atom is 0.321 e. The molecule has 2 heterocycles. The molecule has 24 heavy (non-hydrogen) atoms. The van der Waals surface area contributed by atoms with Gasteiger partial charge in [-0.15, -0.1) is 10.2 Å². The minimum atomic E-state index is -0.0927. The fraction of sp³-hybridized carbons (Fsp3) is 0.471. The van der Waals surface area contributed by atoms with E-state index >= 15 is 0 Å². The summed E-state index contributed by atoms with van der Waals surface area (Å²) < 4.78 is 7.28. The number of amides is 2. The number of urea groups is 1. The van der Waals surface area contributed by atoms with Crippen molar-refractivity contribution in [2.75, 3.05) is 25.5 Å². The van der Waals surface area contributed by atoms with E-state index in [1.165, 1.54) is 0 Å². The molecule has 0 aliphatic carbocycles. The van der Waals surface area contributed by atoms with Crippen LogP contribution in [0, 0.1) is 0 Å². The summed E-state index contributed by atoms with van der Waals surface area (Å²) in [7, 11) is 1.61. The summed E-state index contributed by atoms with van der Waals surface area (Å²) in [6, 6.07) is 7.50. The van der Waals surface area contributed by atoms with Crippen molar-refractivity contribution >= 4 is 11.7 Å². The Hall–Kier alpha value is -2.57. The molecule has 0 spiro atoms. The molecule has 2 aromatic rings. The highest BCUT2D eigenvalue weighted by atomic mass is 16.5. The van der Waals surface area contributed by atoms with Crippen LogP contribution in [0.2, 0.25) is 0 Å². The van der Waals surface area contributed by atoms with Crippen LogP contribution in [0.25, 0.3) is 0 Å². The monoisotopic (exact) mass is 329 g/mol. The molecule has 1 N–H and O–H groups in total. The molecular weight excluding hydrogens is 306 g/mol. The SMILES string of the molecule is COc1cccc(NC(=O)N2CCC(n3cnnc3C(C)C)C2)c1. The molecule has 0 radical (unpaired) electrons. The van der Waals surface area contributed by atoms with Crippen LogP contribution in [0.15, 0.2) is 30.6 Å². The summed E-state index contributed by atoms with van der Waals surface area (Å²) in [5.41, 5.74) is 0.731. The van der Waals surface area contributed by atoms with Crippen LogP contribution in [-0.4, -0.2) is 45.9 Å².